The number of nitrogens with one attached hydrogen (secondary N) is 1. The first-order chi connectivity index (χ1) is 9.65. The van der Waals surface area contributed by atoms with E-state index < -0.39 is 6.10 Å². The van der Waals surface area contributed by atoms with Gasteiger partial charge < -0.3 is 20.3 Å². The number of rotatable bonds is 9. The lowest BCUT2D eigenvalue weighted by atomic mass is 9.82. The summed E-state index contributed by atoms with van der Waals surface area (Å²) < 4.78 is 5.49. The second-order valence-electron chi connectivity index (χ2n) is 5.49. The van der Waals surface area contributed by atoms with Gasteiger partial charge in [0.25, 0.3) is 0 Å². The molecule has 0 aliphatic heterocycles. The topological polar surface area (TPSA) is 74.6 Å². The van der Waals surface area contributed by atoms with Crippen molar-refractivity contribution in [2.24, 2.45) is 5.92 Å². The molecule has 1 atom stereocenters. The van der Waals surface area contributed by atoms with E-state index in [-0.39, 0.29) is 6.10 Å². The number of ether oxygens (including phenoxy) is 1. The van der Waals surface area contributed by atoms with Crippen LogP contribution in [0.5, 0.6) is 0 Å². The molecule has 5 nitrogen and oxygen atoms in total. The maximum atomic E-state index is 9.77. The Morgan fingerprint density at radius 1 is 1.55 bits per heavy atom. The average molecular weight is 300 g/mol. The molecule has 0 radical (unpaired) electrons. The van der Waals surface area contributed by atoms with Gasteiger partial charge in [-0.2, -0.15) is 0 Å². The Bertz CT molecular complexity index is 394. The van der Waals surface area contributed by atoms with Crippen LogP contribution in [-0.4, -0.2) is 53.7 Å². The zero-order valence-corrected chi connectivity index (χ0v) is 12.7. The molecule has 1 fully saturated rings. The first kappa shape index (κ1) is 15.9. The van der Waals surface area contributed by atoms with Gasteiger partial charge in [0.1, 0.15) is 0 Å². The van der Waals surface area contributed by atoms with Crippen LogP contribution < -0.4 is 5.32 Å². The highest BCUT2D eigenvalue weighted by atomic mass is 32.1. The highest BCUT2D eigenvalue weighted by molar-refractivity contribution is 7.09. The summed E-state index contributed by atoms with van der Waals surface area (Å²) in [5, 5.41) is 22.2. The summed E-state index contributed by atoms with van der Waals surface area (Å²) in [6, 6.07) is 0. The number of aryl methyl sites for hydroxylation is 1. The fourth-order valence-corrected chi connectivity index (χ4v) is 3.09. The molecule has 1 unspecified atom stereocenters. The number of thiazole rings is 1. The second-order valence-corrected chi connectivity index (χ2v) is 6.43. The Kier molecular flexibility index (Phi) is 6.38. The standard InChI is InChI=1S/C14H24N2O3S/c1-10-14(20-9-16-10)2-3-19-8-13(18)7-15-6-11-4-12(17)5-11/h9,11-13,15,17-18H,2-8H2,1H3. The summed E-state index contributed by atoms with van der Waals surface area (Å²) in [6.07, 6.45) is 2.05. The maximum absolute atomic E-state index is 9.77. The molecule has 0 aromatic carbocycles. The third-order valence-electron chi connectivity index (χ3n) is 3.65. The lowest BCUT2D eigenvalue weighted by Gasteiger charge is -2.31. The van der Waals surface area contributed by atoms with E-state index in [0.29, 0.717) is 25.7 Å². The number of aliphatic hydroxyl groups excluding tert-OH is 2. The highest BCUT2D eigenvalue weighted by Gasteiger charge is 2.26. The minimum Gasteiger partial charge on any atom is -0.393 e. The van der Waals surface area contributed by atoms with Crippen molar-refractivity contribution in [3.8, 4) is 0 Å². The van der Waals surface area contributed by atoms with Gasteiger partial charge in [0.2, 0.25) is 0 Å². The maximum Gasteiger partial charge on any atom is 0.0897 e. The van der Waals surface area contributed by atoms with Crippen LogP contribution in [0.2, 0.25) is 0 Å². The molecule has 0 bridgehead atoms. The quantitative estimate of drug-likeness (QED) is 0.586. The van der Waals surface area contributed by atoms with Crippen LogP contribution in [0.4, 0.5) is 0 Å². The molecule has 1 saturated carbocycles. The summed E-state index contributed by atoms with van der Waals surface area (Å²) in [5.74, 6) is 0.562. The minimum atomic E-state index is -0.470. The monoisotopic (exact) mass is 300 g/mol. The molecule has 3 N–H and O–H groups in total. The van der Waals surface area contributed by atoms with Gasteiger partial charge in [-0.05, 0) is 32.2 Å². The van der Waals surface area contributed by atoms with Crippen molar-refractivity contribution in [2.45, 2.75) is 38.4 Å². The molecule has 1 aliphatic rings. The predicted molar refractivity (Wildman–Crippen MR) is 79.0 cm³/mol. The molecule has 114 valence electrons. The molecule has 1 aromatic heterocycles. The van der Waals surface area contributed by atoms with Crippen molar-refractivity contribution in [1.82, 2.24) is 10.3 Å². The summed E-state index contributed by atoms with van der Waals surface area (Å²) in [4.78, 5) is 5.44. The zero-order chi connectivity index (χ0) is 14.4. The third kappa shape index (κ3) is 5.10. The Morgan fingerprint density at radius 3 is 3.00 bits per heavy atom. The van der Waals surface area contributed by atoms with E-state index in [1.807, 2.05) is 12.4 Å². The molecule has 0 spiro atoms. The number of hydrogen-bond donors (Lipinski definition) is 3. The SMILES string of the molecule is Cc1ncsc1CCOCC(O)CNCC1CC(O)C1. The summed E-state index contributed by atoms with van der Waals surface area (Å²) in [6.45, 7) is 4.40. The van der Waals surface area contributed by atoms with Crippen LogP contribution in [0.25, 0.3) is 0 Å². The number of hydrogen-bond acceptors (Lipinski definition) is 6. The van der Waals surface area contributed by atoms with Gasteiger partial charge >= 0.3 is 0 Å². The molecule has 1 aliphatic carbocycles. The molecule has 0 amide bonds. The van der Waals surface area contributed by atoms with Gasteiger partial charge in [-0.25, -0.2) is 4.98 Å². The van der Waals surface area contributed by atoms with E-state index in [4.69, 9.17) is 9.84 Å². The predicted octanol–water partition coefficient (Wildman–Crippen LogP) is 0.732. The van der Waals surface area contributed by atoms with Crippen molar-refractivity contribution < 1.29 is 14.9 Å². The molecular formula is C14H24N2O3S. The van der Waals surface area contributed by atoms with Crippen molar-refractivity contribution in [1.29, 1.82) is 0 Å². The van der Waals surface area contributed by atoms with Crippen LogP contribution in [0.3, 0.4) is 0 Å². The molecule has 0 saturated heterocycles. The Hall–Kier alpha value is -0.530. The Morgan fingerprint density at radius 2 is 2.35 bits per heavy atom. The van der Waals surface area contributed by atoms with Gasteiger partial charge in [-0.3, -0.25) is 0 Å². The minimum absolute atomic E-state index is 0.106. The van der Waals surface area contributed by atoms with E-state index in [1.54, 1.807) is 11.3 Å². The molecule has 6 heteroatoms. The Balaban J connectivity index is 1.46. The molecule has 2 rings (SSSR count). The van der Waals surface area contributed by atoms with Crippen LogP contribution in [0, 0.1) is 12.8 Å². The molecule has 1 heterocycles. The lowest BCUT2D eigenvalue weighted by molar-refractivity contribution is 0.0282. The van der Waals surface area contributed by atoms with E-state index in [0.717, 1.165) is 31.5 Å². The highest BCUT2D eigenvalue weighted by Crippen LogP contribution is 2.25. The molecular weight excluding hydrogens is 276 g/mol. The summed E-state index contributed by atoms with van der Waals surface area (Å²) in [5.41, 5.74) is 2.92. The van der Waals surface area contributed by atoms with Crippen molar-refractivity contribution in [3.05, 3.63) is 16.1 Å². The summed E-state index contributed by atoms with van der Waals surface area (Å²) >= 11 is 1.65. The van der Waals surface area contributed by atoms with Gasteiger partial charge in [-0.1, -0.05) is 0 Å². The first-order valence-electron chi connectivity index (χ1n) is 7.18. The van der Waals surface area contributed by atoms with Crippen LogP contribution in [0.1, 0.15) is 23.4 Å². The molecule has 1 aromatic rings. The van der Waals surface area contributed by atoms with E-state index in [1.165, 1.54) is 4.88 Å². The lowest BCUT2D eigenvalue weighted by Crippen LogP contribution is -2.39. The van der Waals surface area contributed by atoms with Gasteiger partial charge in [0.15, 0.2) is 0 Å². The van der Waals surface area contributed by atoms with Crippen molar-refractivity contribution in [2.75, 3.05) is 26.3 Å². The number of aromatic nitrogens is 1. The average Bonchev–Trinajstić information content (AvgIpc) is 2.78. The van der Waals surface area contributed by atoms with E-state index in [2.05, 4.69) is 10.3 Å². The third-order valence-corrected chi connectivity index (χ3v) is 4.65. The van der Waals surface area contributed by atoms with Crippen molar-refractivity contribution in [3.63, 3.8) is 0 Å². The second kappa shape index (κ2) is 8.05. The smallest absolute Gasteiger partial charge is 0.0897 e. The van der Waals surface area contributed by atoms with Crippen LogP contribution in [0.15, 0.2) is 5.51 Å². The van der Waals surface area contributed by atoms with Gasteiger partial charge in [0.05, 0.1) is 36.6 Å². The van der Waals surface area contributed by atoms with Crippen molar-refractivity contribution >= 4 is 11.3 Å². The Labute approximate surface area is 124 Å². The van der Waals surface area contributed by atoms with Crippen LogP contribution >= 0.6 is 11.3 Å². The summed E-state index contributed by atoms with van der Waals surface area (Å²) in [7, 11) is 0. The van der Waals surface area contributed by atoms with Gasteiger partial charge in [-0.15, -0.1) is 11.3 Å². The fraction of sp³-hybridized carbons (Fsp3) is 0.786. The van der Waals surface area contributed by atoms with Gasteiger partial charge in [0, 0.05) is 17.8 Å². The number of aliphatic hydroxyl groups is 2. The van der Waals surface area contributed by atoms with E-state index >= 15 is 0 Å². The normalized spacial score (nSPS) is 23.6. The first-order valence-corrected chi connectivity index (χ1v) is 8.06. The molecule has 20 heavy (non-hydrogen) atoms. The fourth-order valence-electron chi connectivity index (χ4n) is 2.33. The van der Waals surface area contributed by atoms with E-state index in [9.17, 15) is 5.11 Å². The number of nitrogens with zero attached hydrogens (tertiary/aromatic N) is 1. The zero-order valence-electron chi connectivity index (χ0n) is 11.9. The van der Waals surface area contributed by atoms with Crippen LogP contribution in [-0.2, 0) is 11.2 Å². The largest absolute Gasteiger partial charge is 0.393 e.